The van der Waals surface area contributed by atoms with Gasteiger partial charge in [0.25, 0.3) is 0 Å². The zero-order valence-electron chi connectivity index (χ0n) is 13.6. The van der Waals surface area contributed by atoms with E-state index in [0.717, 1.165) is 30.8 Å². The van der Waals surface area contributed by atoms with Crippen LogP contribution in [0.15, 0.2) is 18.2 Å². The topological polar surface area (TPSA) is 64.6 Å². The lowest BCUT2D eigenvalue weighted by Crippen LogP contribution is -2.35. The number of aryl methyl sites for hydroxylation is 1. The molecule has 1 fully saturated rings. The first-order valence-electron chi connectivity index (χ1n) is 8.18. The van der Waals surface area contributed by atoms with Gasteiger partial charge in [-0.25, -0.2) is 4.79 Å². The highest BCUT2D eigenvalue weighted by molar-refractivity contribution is 5.90. The number of carbonyl (C=O) groups is 1. The van der Waals surface area contributed by atoms with E-state index in [1.54, 1.807) is 0 Å². The van der Waals surface area contributed by atoms with Gasteiger partial charge in [0.15, 0.2) is 0 Å². The van der Waals surface area contributed by atoms with Gasteiger partial charge in [-0.15, -0.1) is 0 Å². The van der Waals surface area contributed by atoms with Crippen LogP contribution in [0.3, 0.4) is 0 Å². The maximum atomic E-state index is 11.9. The molecule has 0 aromatic heterocycles. The Hall–Kier alpha value is -1.75. The largest absolute Gasteiger partial charge is 0.391 e. The van der Waals surface area contributed by atoms with Gasteiger partial charge in [0, 0.05) is 31.0 Å². The Bertz CT molecular complexity index is 499. The lowest BCUT2D eigenvalue weighted by Gasteiger charge is -2.19. The van der Waals surface area contributed by atoms with Crippen LogP contribution < -0.4 is 15.5 Å². The molecule has 1 saturated heterocycles. The Morgan fingerprint density at radius 1 is 1.36 bits per heavy atom. The minimum atomic E-state index is -0.477. The number of aliphatic hydroxyl groups is 1. The van der Waals surface area contributed by atoms with E-state index < -0.39 is 6.10 Å². The molecule has 2 amide bonds. The van der Waals surface area contributed by atoms with Gasteiger partial charge in [0.1, 0.15) is 0 Å². The second kappa shape index (κ2) is 8.03. The number of amides is 2. The van der Waals surface area contributed by atoms with Gasteiger partial charge < -0.3 is 20.6 Å². The van der Waals surface area contributed by atoms with Gasteiger partial charge in [-0.3, -0.25) is 0 Å². The molecule has 1 aliphatic rings. The number of benzene rings is 1. The average Bonchev–Trinajstić information content (AvgIpc) is 3.02. The molecular weight excluding hydrogens is 278 g/mol. The van der Waals surface area contributed by atoms with E-state index in [2.05, 4.69) is 27.7 Å². The maximum absolute atomic E-state index is 11.9. The number of carbonyl (C=O) groups excluding carboxylic acids is 1. The van der Waals surface area contributed by atoms with Crippen LogP contribution in [-0.2, 0) is 0 Å². The van der Waals surface area contributed by atoms with E-state index in [0.29, 0.717) is 6.42 Å². The predicted molar refractivity (Wildman–Crippen MR) is 90.6 cm³/mol. The Labute approximate surface area is 132 Å². The highest BCUT2D eigenvalue weighted by atomic mass is 16.3. The van der Waals surface area contributed by atoms with Crippen LogP contribution in [0.5, 0.6) is 0 Å². The molecule has 0 saturated carbocycles. The van der Waals surface area contributed by atoms with Gasteiger partial charge in [0.05, 0.1) is 6.10 Å². The molecule has 3 N–H and O–H groups in total. The Balaban J connectivity index is 1.88. The van der Waals surface area contributed by atoms with Crippen LogP contribution in [0.1, 0.15) is 38.2 Å². The zero-order valence-corrected chi connectivity index (χ0v) is 13.6. The van der Waals surface area contributed by atoms with Crippen molar-refractivity contribution < 1.29 is 9.90 Å². The standard InChI is InChI=1S/C17H27N3O2/c1-3-6-15(21)12-18-17(22)19-16-8-7-14(11-13(16)2)20-9-4-5-10-20/h7-8,11,15,21H,3-6,9-10,12H2,1-2H3,(H2,18,19,22). The van der Waals surface area contributed by atoms with Crippen molar-refractivity contribution in [1.29, 1.82) is 0 Å². The number of urea groups is 1. The van der Waals surface area contributed by atoms with Crippen molar-refractivity contribution in [3.63, 3.8) is 0 Å². The van der Waals surface area contributed by atoms with Gasteiger partial charge in [0.2, 0.25) is 0 Å². The summed E-state index contributed by atoms with van der Waals surface area (Å²) in [6.07, 6.45) is 3.63. The third kappa shape index (κ3) is 4.63. The van der Waals surface area contributed by atoms with Gasteiger partial charge in [-0.05, 0) is 49.9 Å². The van der Waals surface area contributed by atoms with E-state index in [1.165, 1.54) is 18.5 Å². The molecule has 5 heteroatoms. The fraction of sp³-hybridized carbons (Fsp3) is 0.588. The number of aliphatic hydroxyl groups excluding tert-OH is 1. The van der Waals surface area contributed by atoms with Crippen LogP contribution >= 0.6 is 0 Å². The minimum Gasteiger partial charge on any atom is -0.391 e. The van der Waals surface area contributed by atoms with Crippen LogP contribution in [-0.4, -0.2) is 36.9 Å². The Morgan fingerprint density at radius 3 is 2.73 bits per heavy atom. The van der Waals surface area contributed by atoms with Crippen molar-refractivity contribution in [2.45, 2.75) is 45.6 Å². The summed E-state index contributed by atoms with van der Waals surface area (Å²) >= 11 is 0. The lowest BCUT2D eigenvalue weighted by atomic mass is 10.1. The number of nitrogens with one attached hydrogen (secondary N) is 2. The van der Waals surface area contributed by atoms with Gasteiger partial charge >= 0.3 is 6.03 Å². The number of hydrogen-bond acceptors (Lipinski definition) is 3. The monoisotopic (exact) mass is 305 g/mol. The lowest BCUT2D eigenvalue weighted by molar-refractivity contribution is 0.162. The van der Waals surface area contributed by atoms with Crippen molar-refractivity contribution in [2.75, 3.05) is 29.9 Å². The van der Waals surface area contributed by atoms with Gasteiger partial charge in [-0.2, -0.15) is 0 Å². The third-order valence-corrected chi connectivity index (χ3v) is 4.05. The van der Waals surface area contributed by atoms with E-state index in [9.17, 15) is 9.90 Å². The minimum absolute atomic E-state index is 0.271. The molecule has 1 heterocycles. The summed E-state index contributed by atoms with van der Waals surface area (Å²) < 4.78 is 0. The molecule has 122 valence electrons. The summed E-state index contributed by atoms with van der Waals surface area (Å²) in [5.74, 6) is 0. The van der Waals surface area contributed by atoms with Crippen molar-refractivity contribution in [2.24, 2.45) is 0 Å². The summed E-state index contributed by atoms with van der Waals surface area (Å²) in [4.78, 5) is 14.2. The highest BCUT2D eigenvalue weighted by Crippen LogP contribution is 2.25. The average molecular weight is 305 g/mol. The normalized spacial score (nSPS) is 15.7. The van der Waals surface area contributed by atoms with Gasteiger partial charge in [-0.1, -0.05) is 13.3 Å². The molecule has 5 nitrogen and oxygen atoms in total. The maximum Gasteiger partial charge on any atom is 0.319 e. The van der Waals surface area contributed by atoms with Crippen molar-refractivity contribution in [1.82, 2.24) is 5.32 Å². The fourth-order valence-electron chi connectivity index (χ4n) is 2.77. The molecule has 0 aliphatic carbocycles. The quantitative estimate of drug-likeness (QED) is 0.757. The van der Waals surface area contributed by atoms with Crippen molar-refractivity contribution in [3.05, 3.63) is 23.8 Å². The van der Waals surface area contributed by atoms with Crippen LogP contribution in [0.25, 0.3) is 0 Å². The summed E-state index contributed by atoms with van der Waals surface area (Å²) in [7, 11) is 0. The van der Waals surface area contributed by atoms with Crippen LogP contribution in [0, 0.1) is 6.92 Å². The molecule has 1 aliphatic heterocycles. The summed E-state index contributed by atoms with van der Waals surface area (Å²) in [5.41, 5.74) is 3.08. The number of anilines is 2. The molecular formula is C17H27N3O2. The summed E-state index contributed by atoms with van der Waals surface area (Å²) in [6.45, 7) is 6.52. The summed E-state index contributed by atoms with van der Waals surface area (Å²) in [5, 5.41) is 15.2. The van der Waals surface area contributed by atoms with E-state index in [1.807, 2.05) is 19.9 Å². The molecule has 2 rings (SSSR count). The first kappa shape index (κ1) is 16.6. The van der Waals surface area contributed by atoms with E-state index in [4.69, 9.17) is 0 Å². The first-order valence-corrected chi connectivity index (χ1v) is 8.18. The third-order valence-electron chi connectivity index (χ3n) is 4.05. The Morgan fingerprint density at radius 2 is 2.09 bits per heavy atom. The molecule has 0 radical (unpaired) electrons. The molecule has 0 bridgehead atoms. The number of nitrogens with zero attached hydrogens (tertiary/aromatic N) is 1. The second-order valence-corrected chi connectivity index (χ2v) is 5.97. The fourth-order valence-corrected chi connectivity index (χ4v) is 2.77. The van der Waals surface area contributed by atoms with E-state index in [-0.39, 0.29) is 12.6 Å². The Kier molecular flexibility index (Phi) is 6.07. The second-order valence-electron chi connectivity index (χ2n) is 5.97. The molecule has 1 atom stereocenters. The summed E-state index contributed by atoms with van der Waals surface area (Å²) in [6, 6.07) is 5.85. The first-order chi connectivity index (χ1) is 10.6. The van der Waals surface area contributed by atoms with Crippen LogP contribution in [0.2, 0.25) is 0 Å². The number of hydrogen-bond donors (Lipinski definition) is 3. The predicted octanol–water partition coefficient (Wildman–Crippen LogP) is 2.88. The molecule has 1 aromatic rings. The van der Waals surface area contributed by atoms with Crippen LogP contribution in [0.4, 0.5) is 16.2 Å². The zero-order chi connectivity index (χ0) is 15.9. The SMILES string of the molecule is CCCC(O)CNC(=O)Nc1ccc(N2CCCC2)cc1C. The smallest absolute Gasteiger partial charge is 0.319 e. The molecule has 0 spiro atoms. The molecule has 22 heavy (non-hydrogen) atoms. The van der Waals surface area contributed by atoms with Crippen molar-refractivity contribution in [3.8, 4) is 0 Å². The molecule has 1 unspecified atom stereocenters. The highest BCUT2D eigenvalue weighted by Gasteiger charge is 2.13. The van der Waals surface area contributed by atoms with E-state index >= 15 is 0 Å². The molecule has 1 aromatic carbocycles. The number of rotatable bonds is 6. The van der Waals surface area contributed by atoms with Crippen molar-refractivity contribution >= 4 is 17.4 Å².